The molecular formula is C19H19ClFN3O2. The van der Waals surface area contributed by atoms with Crippen LogP contribution in [-0.2, 0) is 0 Å². The average molecular weight is 376 g/mol. The summed E-state index contributed by atoms with van der Waals surface area (Å²) < 4.78 is 13.7. The van der Waals surface area contributed by atoms with Gasteiger partial charge in [0.2, 0.25) is 0 Å². The van der Waals surface area contributed by atoms with Crippen LogP contribution in [0.25, 0.3) is 0 Å². The fourth-order valence-corrected chi connectivity index (χ4v) is 2.96. The first-order valence-electron chi connectivity index (χ1n) is 8.31. The molecule has 0 spiro atoms. The number of rotatable bonds is 2. The second-order valence-electron chi connectivity index (χ2n) is 6.15. The minimum Gasteiger partial charge on any atom is -0.335 e. The van der Waals surface area contributed by atoms with Crippen molar-refractivity contribution in [1.29, 1.82) is 0 Å². The van der Waals surface area contributed by atoms with Crippen molar-refractivity contribution in [3.05, 3.63) is 64.4 Å². The predicted octanol–water partition coefficient (Wildman–Crippen LogP) is 3.78. The summed E-state index contributed by atoms with van der Waals surface area (Å²) in [6.45, 7) is 3.24. The summed E-state index contributed by atoms with van der Waals surface area (Å²) in [7, 11) is 0. The van der Waals surface area contributed by atoms with Crippen molar-refractivity contribution in [3.8, 4) is 0 Å². The van der Waals surface area contributed by atoms with Gasteiger partial charge in [0.1, 0.15) is 5.82 Å². The van der Waals surface area contributed by atoms with E-state index >= 15 is 0 Å². The first-order valence-corrected chi connectivity index (χ1v) is 8.69. The molecule has 0 radical (unpaired) electrons. The Kier molecular flexibility index (Phi) is 5.42. The molecule has 3 rings (SSSR count). The van der Waals surface area contributed by atoms with Gasteiger partial charge in [0.05, 0.1) is 10.7 Å². The molecule has 2 aromatic rings. The van der Waals surface area contributed by atoms with Gasteiger partial charge < -0.3 is 15.1 Å². The van der Waals surface area contributed by atoms with E-state index in [9.17, 15) is 14.0 Å². The molecule has 0 aliphatic carbocycles. The van der Waals surface area contributed by atoms with Crippen LogP contribution in [0.2, 0.25) is 5.02 Å². The van der Waals surface area contributed by atoms with Gasteiger partial charge in [-0.2, -0.15) is 0 Å². The van der Waals surface area contributed by atoms with Crippen molar-refractivity contribution in [2.24, 2.45) is 0 Å². The smallest absolute Gasteiger partial charge is 0.322 e. The molecule has 0 saturated carbocycles. The number of carbonyl (C=O) groups is 2. The molecule has 1 N–H and O–H groups in total. The van der Waals surface area contributed by atoms with Gasteiger partial charge in [-0.3, -0.25) is 4.79 Å². The Morgan fingerprint density at radius 1 is 1.04 bits per heavy atom. The standard InChI is InChI=1S/C19H19ClFN3O2/c1-13-6-7-14(12-16(13)21)18(25)23-8-10-24(11-9-23)19(26)22-17-5-3-2-4-15(17)20/h2-7,12H,8-11H2,1H3,(H,22,26). The minimum atomic E-state index is -0.395. The van der Waals surface area contributed by atoms with E-state index in [-0.39, 0.29) is 11.9 Å². The average Bonchev–Trinajstić information content (AvgIpc) is 2.65. The lowest BCUT2D eigenvalue weighted by Gasteiger charge is -2.34. The van der Waals surface area contributed by atoms with E-state index in [1.165, 1.54) is 6.07 Å². The summed E-state index contributed by atoms with van der Waals surface area (Å²) in [6.07, 6.45) is 0. The molecule has 1 saturated heterocycles. The van der Waals surface area contributed by atoms with Gasteiger partial charge in [-0.05, 0) is 36.8 Å². The Morgan fingerprint density at radius 3 is 2.35 bits per heavy atom. The highest BCUT2D eigenvalue weighted by atomic mass is 35.5. The van der Waals surface area contributed by atoms with Crippen LogP contribution in [0.15, 0.2) is 42.5 Å². The monoisotopic (exact) mass is 375 g/mol. The number of halogens is 2. The summed E-state index contributed by atoms with van der Waals surface area (Å²) in [5.74, 6) is -0.622. The van der Waals surface area contributed by atoms with Gasteiger partial charge in [0.15, 0.2) is 0 Å². The van der Waals surface area contributed by atoms with Crippen LogP contribution in [0, 0.1) is 12.7 Å². The van der Waals surface area contributed by atoms with E-state index in [1.807, 2.05) is 0 Å². The molecule has 2 aromatic carbocycles. The number of anilines is 1. The third kappa shape index (κ3) is 3.96. The fraction of sp³-hybridized carbons (Fsp3) is 0.263. The van der Waals surface area contributed by atoms with Crippen molar-refractivity contribution in [2.75, 3.05) is 31.5 Å². The number of para-hydroxylation sites is 1. The largest absolute Gasteiger partial charge is 0.335 e. The van der Waals surface area contributed by atoms with Gasteiger partial charge in [-0.1, -0.05) is 29.8 Å². The number of aryl methyl sites for hydroxylation is 1. The maximum absolute atomic E-state index is 13.7. The van der Waals surface area contributed by atoms with E-state index in [0.717, 1.165) is 0 Å². The number of piperazine rings is 1. The zero-order valence-corrected chi connectivity index (χ0v) is 15.1. The Balaban J connectivity index is 1.58. The Bertz CT molecular complexity index is 835. The SMILES string of the molecule is Cc1ccc(C(=O)N2CCN(C(=O)Nc3ccccc3Cl)CC2)cc1F. The number of nitrogens with zero attached hydrogens (tertiary/aromatic N) is 2. The van der Waals surface area contributed by atoms with Gasteiger partial charge in [0, 0.05) is 31.7 Å². The van der Waals surface area contributed by atoms with Gasteiger partial charge >= 0.3 is 6.03 Å². The molecule has 1 aliphatic rings. The van der Waals surface area contributed by atoms with E-state index in [2.05, 4.69) is 5.32 Å². The maximum Gasteiger partial charge on any atom is 0.322 e. The fourth-order valence-electron chi connectivity index (χ4n) is 2.78. The Labute approximate surface area is 156 Å². The number of nitrogens with one attached hydrogen (secondary N) is 1. The van der Waals surface area contributed by atoms with Crippen LogP contribution in [-0.4, -0.2) is 47.9 Å². The molecule has 136 valence electrons. The first kappa shape index (κ1) is 18.2. The normalized spacial score (nSPS) is 14.3. The van der Waals surface area contributed by atoms with Crippen LogP contribution < -0.4 is 5.32 Å². The highest BCUT2D eigenvalue weighted by molar-refractivity contribution is 6.33. The van der Waals surface area contributed by atoms with Crippen molar-refractivity contribution in [3.63, 3.8) is 0 Å². The molecule has 5 nitrogen and oxygen atoms in total. The van der Waals surface area contributed by atoms with Crippen LogP contribution in [0.1, 0.15) is 15.9 Å². The molecule has 0 bridgehead atoms. The van der Waals surface area contributed by atoms with Crippen molar-refractivity contribution < 1.29 is 14.0 Å². The number of hydrogen-bond acceptors (Lipinski definition) is 2. The Morgan fingerprint density at radius 2 is 1.69 bits per heavy atom. The predicted molar refractivity (Wildman–Crippen MR) is 99.1 cm³/mol. The van der Waals surface area contributed by atoms with Crippen molar-refractivity contribution >= 4 is 29.2 Å². The lowest BCUT2D eigenvalue weighted by atomic mass is 10.1. The number of urea groups is 1. The number of benzene rings is 2. The minimum absolute atomic E-state index is 0.227. The highest BCUT2D eigenvalue weighted by Gasteiger charge is 2.25. The zero-order chi connectivity index (χ0) is 18.7. The molecular weight excluding hydrogens is 357 g/mol. The van der Waals surface area contributed by atoms with E-state index in [4.69, 9.17) is 11.6 Å². The molecule has 1 fully saturated rings. The van der Waals surface area contributed by atoms with Crippen LogP contribution in [0.3, 0.4) is 0 Å². The third-order valence-electron chi connectivity index (χ3n) is 4.39. The van der Waals surface area contributed by atoms with Crippen molar-refractivity contribution in [1.82, 2.24) is 9.80 Å². The lowest BCUT2D eigenvalue weighted by molar-refractivity contribution is 0.0671. The molecule has 3 amide bonds. The Hall–Kier alpha value is -2.60. The number of carbonyl (C=O) groups excluding carboxylic acids is 2. The quantitative estimate of drug-likeness (QED) is 0.868. The number of hydrogen-bond donors (Lipinski definition) is 1. The highest BCUT2D eigenvalue weighted by Crippen LogP contribution is 2.21. The zero-order valence-electron chi connectivity index (χ0n) is 14.3. The van der Waals surface area contributed by atoms with Crippen LogP contribution in [0.4, 0.5) is 14.9 Å². The van der Waals surface area contributed by atoms with E-state index < -0.39 is 5.82 Å². The molecule has 26 heavy (non-hydrogen) atoms. The maximum atomic E-state index is 13.7. The summed E-state index contributed by atoms with van der Waals surface area (Å²) in [4.78, 5) is 28.1. The second kappa shape index (κ2) is 7.74. The topological polar surface area (TPSA) is 52.7 Å². The van der Waals surface area contributed by atoms with E-state index in [0.29, 0.717) is 48.0 Å². The van der Waals surface area contributed by atoms with E-state index in [1.54, 1.807) is 53.1 Å². The number of amides is 3. The molecule has 1 heterocycles. The van der Waals surface area contributed by atoms with Gasteiger partial charge in [-0.25, -0.2) is 9.18 Å². The van der Waals surface area contributed by atoms with Gasteiger partial charge in [0.25, 0.3) is 5.91 Å². The summed E-state index contributed by atoms with van der Waals surface area (Å²) in [5.41, 5.74) is 1.37. The van der Waals surface area contributed by atoms with Crippen LogP contribution in [0.5, 0.6) is 0 Å². The molecule has 0 atom stereocenters. The van der Waals surface area contributed by atoms with Crippen LogP contribution >= 0.6 is 11.6 Å². The lowest BCUT2D eigenvalue weighted by Crippen LogP contribution is -2.51. The third-order valence-corrected chi connectivity index (χ3v) is 4.72. The molecule has 1 aliphatic heterocycles. The molecule has 7 heteroatoms. The first-order chi connectivity index (χ1) is 12.5. The van der Waals surface area contributed by atoms with Gasteiger partial charge in [-0.15, -0.1) is 0 Å². The van der Waals surface area contributed by atoms with Crippen molar-refractivity contribution in [2.45, 2.75) is 6.92 Å². The summed E-state index contributed by atoms with van der Waals surface area (Å²) in [6, 6.07) is 11.2. The summed E-state index contributed by atoms with van der Waals surface area (Å²) in [5, 5.41) is 3.24. The second-order valence-corrected chi connectivity index (χ2v) is 6.56. The summed E-state index contributed by atoms with van der Waals surface area (Å²) >= 11 is 6.05. The molecule has 0 unspecified atom stereocenters. The molecule has 0 aromatic heterocycles.